The van der Waals surface area contributed by atoms with E-state index < -0.39 is 0 Å². The molecule has 1 atom stereocenters. The van der Waals surface area contributed by atoms with Crippen LogP contribution < -0.4 is 14.8 Å². The second kappa shape index (κ2) is 9.57. The first-order valence-corrected chi connectivity index (χ1v) is 11.4. The van der Waals surface area contributed by atoms with Crippen molar-refractivity contribution in [1.82, 2.24) is 0 Å². The maximum absolute atomic E-state index is 12.6. The van der Waals surface area contributed by atoms with Crippen LogP contribution in [0.5, 0.6) is 11.5 Å². The molecule has 6 heteroatoms. The molecule has 1 heterocycles. The number of hydrogen-bond acceptors (Lipinski definition) is 5. The first-order chi connectivity index (χ1) is 14.8. The molecule has 1 aromatic heterocycles. The van der Waals surface area contributed by atoms with E-state index in [1.54, 1.807) is 37.7 Å². The Bertz CT molecular complexity index is 1030. The van der Waals surface area contributed by atoms with Crippen molar-refractivity contribution < 1.29 is 14.3 Å². The number of ether oxygens (including phenoxy) is 2. The number of hydrogen-bond donors (Lipinski definition) is 1. The zero-order chi connectivity index (χ0) is 22.6. The van der Waals surface area contributed by atoms with Gasteiger partial charge in [0.2, 0.25) is 5.91 Å². The van der Waals surface area contributed by atoms with Gasteiger partial charge in [-0.1, -0.05) is 33.3 Å². The van der Waals surface area contributed by atoms with Crippen molar-refractivity contribution in [2.45, 2.75) is 46.5 Å². The lowest BCUT2D eigenvalue weighted by Gasteiger charge is -2.36. The van der Waals surface area contributed by atoms with Gasteiger partial charge in [-0.15, -0.1) is 11.3 Å². The van der Waals surface area contributed by atoms with Crippen molar-refractivity contribution in [2.24, 2.45) is 11.3 Å². The number of benzene rings is 1. The molecule has 1 N–H and O–H groups in total. The molecule has 0 fully saturated rings. The van der Waals surface area contributed by atoms with Gasteiger partial charge in [0.1, 0.15) is 11.1 Å². The number of nitriles is 1. The van der Waals surface area contributed by atoms with E-state index in [0.29, 0.717) is 28.0 Å². The standard InChI is InChI=1S/C25H30N2O3S/c1-6-25(2,3)17-9-10-18-19(15-26)24(31-22(18)14-17)27-23(28)12-8-16-7-11-20(29-4)21(13-16)30-5/h7-8,11-13,17H,6,9-10,14H2,1-5H3,(H,27,28)/b12-8-. The third-order valence-electron chi connectivity index (χ3n) is 6.46. The molecule has 5 nitrogen and oxygen atoms in total. The van der Waals surface area contributed by atoms with Gasteiger partial charge < -0.3 is 14.8 Å². The summed E-state index contributed by atoms with van der Waals surface area (Å²) in [5.41, 5.74) is 2.85. The Kier molecular flexibility index (Phi) is 7.07. The summed E-state index contributed by atoms with van der Waals surface area (Å²) in [5.74, 6) is 1.59. The van der Waals surface area contributed by atoms with E-state index in [1.165, 1.54) is 11.0 Å². The molecule has 0 bridgehead atoms. The lowest BCUT2D eigenvalue weighted by molar-refractivity contribution is -0.111. The van der Waals surface area contributed by atoms with Gasteiger partial charge in [0.15, 0.2) is 11.5 Å². The number of carbonyl (C=O) groups excluding carboxylic acids is 1. The van der Waals surface area contributed by atoms with E-state index in [0.717, 1.165) is 36.8 Å². The molecule has 1 amide bonds. The number of nitrogens with zero attached hydrogens (tertiary/aromatic N) is 1. The molecule has 0 radical (unpaired) electrons. The lowest BCUT2D eigenvalue weighted by atomic mass is 9.69. The lowest BCUT2D eigenvalue weighted by Crippen LogP contribution is -2.28. The van der Waals surface area contributed by atoms with Gasteiger partial charge in [-0.2, -0.15) is 5.26 Å². The van der Waals surface area contributed by atoms with Crippen LogP contribution in [-0.4, -0.2) is 20.1 Å². The van der Waals surface area contributed by atoms with Crippen molar-refractivity contribution in [3.63, 3.8) is 0 Å². The summed E-state index contributed by atoms with van der Waals surface area (Å²) in [6.07, 6.45) is 7.30. The monoisotopic (exact) mass is 438 g/mol. The van der Waals surface area contributed by atoms with E-state index in [2.05, 4.69) is 32.2 Å². The zero-order valence-corrected chi connectivity index (χ0v) is 19.7. The Labute approximate surface area is 188 Å². The van der Waals surface area contributed by atoms with Gasteiger partial charge in [0.05, 0.1) is 19.8 Å². The minimum Gasteiger partial charge on any atom is -0.493 e. The number of methoxy groups -OCH3 is 2. The van der Waals surface area contributed by atoms with Crippen LogP contribution in [0.15, 0.2) is 24.3 Å². The highest BCUT2D eigenvalue weighted by molar-refractivity contribution is 7.16. The number of nitrogens with one attached hydrogen (secondary N) is 1. The number of rotatable bonds is 7. The summed E-state index contributed by atoms with van der Waals surface area (Å²) in [6, 6.07) is 7.78. The Balaban J connectivity index is 1.75. The minimum atomic E-state index is -0.254. The minimum absolute atomic E-state index is 0.254. The molecular formula is C25H30N2O3S. The topological polar surface area (TPSA) is 71.3 Å². The number of carbonyl (C=O) groups is 1. The fourth-order valence-corrected chi connectivity index (χ4v) is 5.31. The van der Waals surface area contributed by atoms with Crippen LogP contribution >= 0.6 is 11.3 Å². The molecule has 2 aromatic rings. The van der Waals surface area contributed by atoms with Gasteiger partial charge >= 0.3 is 0 Å². The van der Waals surface area contributed by atoms with Crippen molar-refractivity contribution in [3.8, 4) is 17.6 Å². The molecule has 0 saturated carbocycles. The van der Waals surface area contributed by atoms with E-state index in [1.807, 2.05) is 12.1 Å². The van der Waals surface area contributed by atoms with Crippen LogP contribution in [0.1, 0.15) is 55.2 Å². The molecule has 1 unspecified atom stereocenters. The highest BCUT2D eigenvalue weighted by Gasteiger charge is 2.34. The van der Waals surface area contributed by atoms with Crippen LogP contribution in [0.3, 0.4) is 0 Å². The molecule has 1 aromatic carbocycles. The van der Waals surface area contributed by atoms with Gasteiger partial charge in [0, 0.05) is 11.0 Å². The summed E-state index contributed by atoms with van der Waals surface area (Å²) >= 11 is 1.55. The van der Waals surface area contributed by atoms with Crippen LogP contribution in [0, 0.1) is 22.7 Å². The van der Waals surface area contributed by atoms with Crippen LogP contribution in [0.2, 0.25) is 0 Å². The van der Waals surface area contributed by atoms with Gasteiger partial charge in [-0.25, -0.2) is 0 Å². The predicted molar refractivity (Wildman–Crippen MR) is 126 cm³/mol. The van der Waals surface area contributed by atoms with Gasteiger partial charge in [0.25, 0.3) is 0 Å². The van der Waals surface area contributed by atoms with Crippen molar-refractivity contribution >= 4 is 28.3 Å². The highest BCUT2D eigenvalue weighted by atomic mass is 32.1. The van der Waals surface area contributed by atoms with Gasteiger partial charge in [-0.3, -0.25) is 4.79 Å². The predicted octanol–water partition coefficient (Wildman–Crippen LogP) is 5.83. The summed E-state index contributed by atoms with van der Waals surface area (Å²) in [6.45, 7) is 6.88. The second-order valence-electron chi connectivity index (χ2n) is 8.54. The average Bonchev–Trinajstić information content (AvgIpc) is 3.13. The number of amides is 1. The second-order valence-corrected chi connectivity index (χ2v) is 9.64. The molecule has 0 aliphatic heterocycles. The maximum atomic E-state index is 12.6. The molecule has 1 aliphatic carbocycles. The Hall–Kier alpha value is -2.78. The van der Waals surface area contributed by atoms with Gasteiger partial charge in [-0.05, 0) is 59.9 Å². The first kappa shape index (κ1) is 22.9. The number of anilines is 1. The fourth-order valence-electron chi connectivity index (χ4n) is 4.03. The van der Waals surface area contributed by atoms with Crippen molar-refractivity contribution in [3.05, 3.63) is 45.8 Å². The summed E-state index contributed by atoms with van der Waals surface area (Å²) in [5, 5.41) is 13.3. The summed E-state index contributed by atoms with van der Waals surface area (Å²) < 4.78 is 10.5. The van der Waals surface area contributed by atoms with E-state index >= 15 is 0 Å². The SMILES string of the molecule is CCC(C)(C)C1CCc2c(sc(NC(=O)/C=C\c3ccc(OC)c(OC)c3)c2C#N)C1. The fraction of sp³-hybridized carbons (Fsp3) is 0.440. The van der Waals surface area contributed by atoms with Crippen molar-refractivity contribution in [1.29, 1.82) is 5.26 Å². The van der Waals surface area contributed by atoms with E-state index in [9.17, 15) is 10.1 Å². The van der Waals surface area contributed by atoms with Crippen LogP contribution in [0.4, 0.5) is 5.00 Å². The molecule has 0 saturated heterocycles. The quantitative estimate of drug-likeness (QED) is 0.552. The Morgan fingerprint density at radius 2 is 2.06 bits per heavy atom. The largest absolute Gasteiger partial charge is 0.493 e. The Morgan fingerprint density at radius 1 is 1.32 bits per heavy atom. The first-order valence-electron chi connectivity index (χ1n) is 10.6. The van der Waals surface area contributed by atoms with Crippen molar-refractivity contribution in [2.75, 3.05) is 19.5 Å². The van der Waals surface area contributed by atoms with E-state index in [-0.39, 0.29) is 11.3 Å². The van der Waals surface area contributed by atoms with Crippen LogP contribution in [-0.2, 0) is 17.6 Å². The molecule has 31 heavy (non-hydrogen) atoms. The summed E-state index contributed by atoms with van der Waals surface area (Å²) in [7, 11) is 3.16. The molecule has 164 valence electrons. The third-order valence-corrected chi connectivity index (χ3v) is 7.63. The maximum Gasteiger partial charge on any atom is 0.249 e. The number of thiophene rings is 1. The highest BCUT2D eigenvalue weighted by Crippen LogP contribution is 2.45. The molecule has 0 spiro atoms. The smallest absolute Gasteiger partial charge is 0.249 e. The molecule has 1 aliphatic rings. The zero-order valence-electron chi connectivity index (χ0n) is 18.9. The van der Waals surface area contributed by atoms with E-state index in [4.69, 9.17) is 9.47 Å². The Morgan fingerprint density at radius 3 is 2.71 bits per heavy atom. The molecule has 3 rings (SSSR count). The van der Waals surface area contributed by atoms with Crippen LogP contribution in [0.25, 0.3) is 6.08 Å². The number of fused-ring (bicyclic) bond motifs is 1. The molecular weight excluding hydrogens is 408 g/mol. The third kappa shape index (κ3) is 4.94. The summed E-state index contributed by atoms with van der Waals surface area (Å²) in [4.78, 5) is 13.8. The average molecular weight is 439 g/mol. The normalized spacial score (nSPS) is 15.9.